The predicted molar refractivity (Wildman–Crippen MR) is 57.5 cm³/mol. The van der Waals surface area contributed by atoms with Crippen molar-refractivity contribution in [2.24, 2.45) is 0 Å². The van der Waals surface area contributed by atoms with Gasteiger partial charge in [-0.15, -0.1) is 0 Å². The molecule has 0 spiro atoms. The van der Waals surface area contributed by atoms with Crippen molar-refractivity contribution in [2.45, 2.75) is 0 Å². The Morgan fingerprint density at radius 2 is 1.83 bits per heavy atom. The molecule has 0 atom stereocenters. The molecule has 0 aromatic heterocycles. The van der Waals surface area contributed by atoms with Gasteiger partial charge >= 0.3 is 5.97 Å². The zero-order chi connectivity index (χ0) is 13.7. The van der Waals surface area contributed by atoms with Crippen LogP contribution in [0.15, 0.2) is 12.1 Å². The molecule has 0 radical (unpaired) electrons. The van der Waals surface area contributed by atoms with Gasteiger partial charge < -0.3 is 15.2 Å². The number of aromatic carboxylic acids is 1. The second-order valence-electron chi connectivity index (χ2n) is 3.37. The molecule has 0 aliphatic rings. The third-order valence-corrected chi connectivity index (χ3v) is 2.13. The number of amides is 1. The molecule has 1 aromatic rings. The highest BCUT2D eigenvalue weighted by Crippen LogP contribution is 2.15. The van der Waals surface area contributed by atoms with Gasteiger partial charge in [0, 0.05) is 13.7 Å². The summed E-state index contributed by atoms with van der Waals surface area (Å²) in [6.45, 7) is 0.352. The molecule has 0 aliphatic carbocycles. The van der Waals surface area contributed by atoms with E-state index in [1.54, 1.807) is 0 Å². The highest BCUT2D eigenvalue weighted by molar-refractivity contribution is 6.04. The quantitative estimate of drug-likeness (QED) is 0.775. The summed E-state index contributed by atoms with van der Waals surface area (Å²) in [5, 5.41) is 11.1. The van der Waals surface area contributed by atoms with Gasteiger partial charge in [0.15, 0.2) is 11.6 Å². The highest BCUT2D eigenvalue weighted by Gasteiger charge is 2.20. The number of benzene rings is 1. The summed E-state index contributed by atoms with van der Waals surface area (Å²) >= 11 is 0. The van der Waals surface area contributed by atoms with Crippen LogP contribution < -0.4 is 5.32 Å². The van der Waals surface area contributed by atoms with E-state index < -0.39 is 34.6 Å². The van der Waals surface area contributed by atoms with Crippen molar-refractivity contribution in [1.29, 1.82) is 0 Å². The summed E-state index contributed by atoms with van der Waals surface area (Å²) in [5.74, 6) is -4.91. The van der Waals surface area contributed by atoms with Gasteiger partial charge in [-0.05, 0) is 12.1 Å². The normalized spacial score (nSPS) is 10.2. The van der Waals surface area contributed by atoms with Crippen LogP contribution in [-0.4, -0.2) is 37.2 Å². The molecule has 0 heterocycles. The van der Waals surface area contributed by atoms with Crippen molar-refractivity contribution in [1.82, 2.24) is 5.32 Å². The van der Waals surface area contributed by atoms with Gasteiger partial charge in [0.05, 0.1) is 17.7 Å². The molecule has 0 unspecified atom stereocenters. The van der Waals surface area contributed by atoms with E-state index in [0.29, 0.717) is 12.1 Å². The highest BCUT2D eigenvalue weighted by atomic mass is 19.2. The molecule has 2 N–H and O–H groups in total. The fourth-order valence-electron chi connectivity index (χ4n) is 1.27. The van der Waals surface area contributed by atoms with Gasteiger partial charge in [0.2, 0.25) is 0 Å². The van der Waals surface area contributed by atoms with Crippen LogP contribution in [0.3, 0.4) is 0 Å². The number of halogens is 2. The number of rotatable bonds is 5. The lowest BCUT2D eigenvalue weighted by molar-refractivity contribution is 0.0690. The first-order chi connectivity index (χ1) is 8.47. The maximum absolute atomic E-state index is 13.0. The van der Waals surface area contributed by atoms with Crippen LogP contribution in [0, 0.1) is 11.6 Å². The zero-order valence-electron chi connectivity index (χ0n) is 9.50. The van der Waals surface area contributed by atoms with Crippen molar-refractivity contribution >= 4 is 11.9 Å². The van der Waals surface area contributed by atoms with E-state index in [2.05, 4.69) is 10.1 Å². The first-order valence-corrected chi connectivity index (χ1v) is 4.96. The van der Waals surface area contributed by atoms with Gasteiger partial charge in [-0.25, -0.2) is 13.6 Å². The van der Waals surface area contributed by atoms with E-state index in [9.17, 15) is 18.4 Å². The number of hydrogen-bond acceptors (Lipinski definition) is 3. The standard InChI is InChI=1S/C11H11F2NO4/c1-18-3-2-14-10(15)6-4-8(12)9(13)5-7(6)11(16)17/h4-5H,2-3H2,1H3,(H,14,15)(H,16,17). The number of carboxylic acids is 1. The van der Waals surface area contributed by atoms with Crippen molar-refractivity contribution in [3.8, 4) is 0 Å². The Bertz CT molecular complexity index is 476. The van der Waals surface area contributed by atoms with Crippen LogP contribution in [0.1, 0.15) is 20.7 Å². The molecule has 5 nitrogen and oxygen atoms in total. The lowest BCUT2D eigenvalue weighted by atomic mass is 10.1. The third kappa shape index (κ3) is 3.24. The summed E-state index contributed by atoms with van der Waals surface area (Å²) in [6.07, 6.45) is 0. The van der Waals surface area contributed by atoms with Crippen LogP contribution >= 0.6 is 0 Å². The average molecular weight is 259 g/mol. The maximum atomic E-state index is 13.0. The Kier molecular flexibility index (Phi) is 4.73. The van der Waals surface area contributed by atoms with E-state index in [-0.39, 0.29) is 13.2 Å². The maximum Gasteiger partial charge on any atom is 0.336 e. The number of methoxy groups -OCH3 is 1. The van der Waals surface area contributed by atoms with Crippen molar-refractivity contribution in [3.63, 3.8) is 0 Å². The number of nitrogens with one attached hydrogen (secondary N) is 1. The summed E-state index contributed by atoms with van der Waals surface area (Å²) in [4.78, 5) is 22.4. The summed E-state index contributed by atoms with van der Waals surface area (Å²) in [5.41, 5.74) is -1.03. The Morgan fingerprint density at radius 1 is 1.28 bits per heavy atom. The SMILES string of the molecule is COCCNC(=O)c1cc(F)c(F)cc1C(=O)O. The van der Waals surface area contributed by atoms with Gasteiger partial charge in [-0.1, -0.05) is 0 Å². The van der Waals surface area contributed by atoms with Gasteiger partial charge in [0.1, 0.15) is 0 Å². The molecule has 0 saturated heterocycles. The predicted octanol–water partition coefficient (Wildman–Crippen LogP) is 1.04. The molecule has 1 amide bonds. The summed E-state index contributed by atoms with van der Waals surface area (Å²) in [7, 11) is 1.42. The van der Waals surface area contributed by atoms with E-state index in [4.69, 9.17) is 5.11 Å². The van der Waals surface area contributed by atoms with Crippen LogP contribution in [0.25, 0.3) is 0 Å². The molecule has 0 saturated carbocycles. The number of carbonyl (C=O) groups is 2. The van der Waals surface area contributed by atoms with E-state index in [1.807, 2.05) is 0 Å². The van der Waals surface area contributed by atoms with Gasteiger partial charge in [-0.2, -0.15) is 0 Å². The summed E-state index contributed by atoms with van der Waals surface area (Å²) in [6, 6.07) is 1.03. The van der Waals surface area contributed by atoms with E-state index in [0.717, 1.165) is 0 Å². The average Bonchev–Trinajstić information content (AvgIpc) is 2.32. The molecule has 1 rings (SSSR count). The van der Waals surface area contributed by atoms with E-state index in [1.165, 1.54) is 7.11 Å². The van der Waals surface area contributed by atoms with Crippen molar-refractivity contribution in [3.05, 3.63) is 34.9 Å². The Balaban J connectivity index is 3.02. The minimum Gasteiger partial charge on any atom is -0.478 e. The Hall–Kier alpha value is -2.02. The van der Waals surface area contributed by atoms with Gasteiger partial charge in [-0.3, -0.25) is 4.79 Å². The van der Waals surface area contributed by atoms with Crippen LogP contribution in [-0.2, 0) is 4.74 Å². The van der Waals surface area contributed by atoms with Gasteiger partial charge in [0.25, 0.3) is 5.91 Å². The number of ether oxygens (including phenoxy) is 1. The smallest absolute Gasteiger partial charge is 0.336 e. The largest absolute Gasteiger partial charge is 0.478 e. The second kappa shape index (κ2) is 6.06. The number of hydrogen-bond donors (Lipinski definition) is 2. The number of carboxylic acid groups (broad SMARTS) is 1. The molecule has 0 fully saturated rings. The van der Waals surface area contributed by atoms with Crippen LogP contribution in [0.5, 0.6) is 0 Å². The molecule has 1 aromatic carbocycles. The lowest BCUT2D eigenvalue weighted by Gasteiger charge is -2.08. The van der Waals surface area contributed by atoms with Crippen molar-refractivity contribution in [2.75, 3.05) is 20.3 Å². The third-order valence-electron chi connectivity index (χ3n) is 2.13. The molecule has 0 bridgehead atoms. The van der Waals surface area contributed by atoms with E-state index >= 15 is 0 Å². The van der Waals surface area contributed by atoms with Crippen LogP contribution in [0.4, 0.5) is 8.78 Å². The fraction of sp³-hybridized carbons (Fsp3) is 0.273. The van der Waals surface area contributed by atoms with Crippen molar-refractivity contribution < 1.29 is 28.2 Å². The summed E-state index contributed by atoms with van der Waals surface area (Å²) < 4.78 is 30.6. The molecular formula is C11H11F2NO4. The topological polar surface area (TPSA) is 75.6 Å². The molecule has 98 valence electrons. The fourth-order valence-corrected chi connectivity index (χ4v) is 1.27. The minimum atomic E-state index is -1.51. The number of carbonyl (C=O) groups excluding carboxylic acids is 1. The van der Waals surface area contributed by atoms with Crippen LogP contribution in [0.2, 0.25) is 0 Å². The molecular weight excluding hydrogens is 248 g/mol. The first-order valence-electron chi connectivity index (χ1n) is 4.96. The molecule has 7 heteroatoms. The monoisotopic (exact) mass is 259 g/mol. The molecule has 0 aliphatic heterocycles. The molecule has 18 heavy (non-hydrogen) atoms. The Labute approximate surface area is 101 Å². The second-order valence-corrected chi connectivity index (χ2v) is 3.37. The first kappa shape index (κ1) is 14.0. The zero-order valence-corrected chi connectivity index (χ0v) is 9.50. The lowest BCUT2D eigenvalue weighted by Crippen LogP contribution is -2.28. The Morgan fingerprint density at radius 3 is 2.33 bits per heavy atom. The minimum absolute atomic E-state index is 0.132.